The van der Waals surface area contributed by atoms with Crippen molar-refractivity contribution < 1.29 is 19.5 Å². The Balaban J connectivity index is 1.47. The Morgan fingerprint density at radius 1 is 1.12 bits per heavy atom. The van der Waals surface area contributed by atoms with Gasteiger partial charge in [0, 0.05) is 12.8 Å². The first-order chi connectivity index (χ1) is 12.0. The van der Waals surface area contributed by atoms with E-state index in [-0.39, 0.29) is 17.2 Å². The summed E-state index contributed by atoms with van der Waals surface area (Å²) in [5.41, 5.74) is -0.242. The summed E-state index contributed by atoms with van der Waals surface area (Å²) in [5.74, 6) is -0.950. The van der Waals surface area contributed by atoms with Crippen LogP contribution in [-0.4, -0.2) is 72.0 Å². The van der Waals surface area contributed by atoms with E-state index in [9.17, 15) is 14.4 Å². The number of carbonyl (C=O) groups is 3. The normalized spacial score (nSPS) is 25.5. The van der Waals surface area contributed by atoms with Gasteiger partial charge in [0.25, 0.3) is 0 Å². The molecule has 3 aliphatic rings. The molecule has 3 heterocycles. The van der Waals surface area contributed by atoms with Gasteiger partial charge < -0.3 is 15.3 Å². The molecule has 3 saturated heterocycles. The smallest absolute Gasteiger partial charge is 0.323 e. The van der Waals surface area contributed by atoms with E-state index < -0.39 is 12.5 Å². The van der Waals surface area contributed by atoms with Crippen molar-refractivity contribution in [1.29, 1.82) is 0 Å². The fourth-order valence-electron chi connectivity index (χ4n) is 4.49. The van der Waals surface area contributed by atoms with Gasteiger partial charge in [0.05, 0.1) is 0 Å². The summed E-state index contributed by atoms with van der Waals surface area (Å²) in [5, 5.41) is 12.2. The quantitative estimate of drug-likeness (QED) is 0.709. The molecule has 0 aromatic heterocycles. The maximum atomic E-state index is 12.2. The number of hydrogen-bond acceptors (Lipinski definition) is 5. The van der Waals surface area contributed by atoms with E-state index in [1.807, 2.05) is 0 Å². The Labute approximate surface area is 148 Å². The number of carbonyl (C=O) groups excluding carboxylic acids is 2. The molecule has 3 aliphatic heterocycles. The van der Waals surface area contributed by atoms with Crippen molar-refractivity contribution in [3.8, 4) is 0 Å². The molecule has 0 bridgehead atoms. The monoisotopic (exact) mass is 351 g/mol. The van der Waals surface area contributed by atoms with Gasteiger partial charge in [0.2, 0.25) is 11.8 Å². The third-order valence-corrected chi connectivity index (χ3v) is 6.18. The molecule has 7 heteroatoms. The lowest BCUT2D eigenvalue weighted by Gasteiger charge is -2.45. The third kappa shape index (κ3) is 4.58. The summed E-state index contributed by atoms with van der Waals surface area (Å²) >= 11 is 0. The number of imide groups is 1. The summed E-state index contributed by atoms with van der Waals surface area (Å²) in [6, 6.07) is 0. The van der Waals surface area contributed by atoms with Gasteiger partial charge in [-0.05, 0) is 76.2 Å². The summed E-state index contributed by atoms with van der Waals surface area (Å²) in [7, 11) is 0. The first kappa shape index (κ1) is 18.3. The molecule has 2 N–H and O–H groups in total. The van der Waals surface area contributed by atoms with Crippen LogP contribution in [0.4, 0.5) is 0 Å². The summed E-state index contributed by atoms with van der Waals surface area (Å²) in [6.45, 7) is 4.73. The van der Waals surface area contributed by atoms with Gasteiger partial charge in [-0.25, -0.2) is 0 Å². The van der Waals surface area contributed by atoms with Crippen LogP contribution < -0.4 is 5.32 Å². The van der Waals surface area contributed by atoms with Crippen LogP contribution in [0.15, 0.2) is 0 Å². The number of nitrogens with zero attached hydrogens (tertiary/aromatic N) is 2. The molecule has 0 aliphatic carbocycles. The number of likely N-dealkylation sites (tertiary alicyclic amines) is 2. The first-order valence-corrected chi connectivity index (χ1v) is 9.45. The number of amides is 2. The van der Waals surface area contributed by atoms with Crippen molar-refractivity contribution >= 4 is 17.8 Å². The fourth-order valence-corrected chi connectivity index (χ4v) is 4.49. The van der Waals surface area contributed by atoms with Gasteiger partial charge in [0.1, 0.15) is 6.54 Å². The second kappa shape index (κ2) is 7.83. The van der Waals surface area contributed by atoms with Crippen molar-refractivity contribution in [3.63, 3.8) is 0 Å². The van der Waals surface area contributed by atoms with Crippen molar-refractivity contribution in [3.05, 3.63) is 0 Å². The van der Waals surface area contributed by atoms with E-state index in [1.165, 1.54) is 19.3 Å². The molecule has 0 saturated carbocycles. The lowest BCUT2D eigenvalue weighted by atomic mass is 9.70. The van der Waals surface area contributed by atoms with Gasteiger partial charge in [-0.1, -0.05) is 0 Å². The van der Waals surface area contributed by atoms with Crippen LogP contribution in [0.1, 0.15) is 44.9 Å². The molecular formula is C18H29N3O4. The standard InChI is InChI=1S/C18H29N3O4/c22-15-11-18(12-16(23)21(15)13-17(24)25)4-9-20(10-5-18)8-3-14-1-6-19-7-2-14/h14,19H,1-13H2,(H,24,25). The maximum Gasteiger partial charge on any atom is 0.323 e. The molecule has 0 aromatic carbocycles. The second-order valence-corrected chi connectivity index (χ2v) is 7.94. The van der Waals surface area contributed by atoms with E-state index in [2.05, 4.69) is 10.2 Å². The molecule has 7 nitrogen and oxygen atoms in total. The van der Waals surface area contributed by atoms with Crippen LogP contribution in [-0.2, 0) is 14.4 Å². The van der Waals surface area contributed by atoms with Gasteiger partial charge in [0.15, 0.2) is 0 Å². The zero-order chi connectivity index (χ0) is 17.9. The molecule has 0 aromatic rings. The minimum Gasteiger partial charge on any atom is -0.480 e. The number of nitrogens with one attached hydrogen (secondary N) is 1. The van der Waals surface area contributed by atoms with Crippen LogP contribution >= 0.6 is 0 Å². The third-order valence-electron chi connectivity index (χ3n) is 6.18. The van der Waals surface area contributed by atoms with Crippen LogP contribution in [0.25, 0.3) is 0 Å². The maximum absolute atomic E-state index is 12.2. The Morgan fingerprint density at radius 3 is 2.28 bits per heavy atom. The highest BCUT2D eigenvalue weighted by atomic mass is 16.4. The van der Waals surface area contributed by atoms with Crippen LogP contribution in [0.2, 0.25) is 0 Å². The fraction of sp³-hybridized carbons (Fsp3) is 0.833. The Bertz CT molecular complexity index is 502. The number of carboxylic acids is 1. The van der Waals surface area contributed by atoms with Crippen molar-refractivity contribution in [2.75, 3.05) is 39.3 Å². The second-order valence-electron chi connectivity index (χ2n) is 7.94. The molecule has 3 rings (SSSR count). The zero-order valence-corrected chi connectivity index (χ0v) is 14.8. The number of rotatable bonds is 5. The molecular weight excluding hydrogens is 322 g/mol. The zero-order valence-electron chi connectivity index (χ0n) is 14.8. The van der Waals surface area contributed by atoms with Gasteiger partial charge in [-0.15, -0.1) is 0 Å². The van der Waals surface area contributed by atoms with Gasteiger partial charge in [-0.3, -0.25) is 19.3 Å². The average molecular weight is 351 g/mol. The SMILES string of the molecule is O=C(O)CN1C(=O)CC2(CCN(CCC3CCNCC3)CC2)CC1=O. The summed E-state index contributed by atoms with van der Waals surface area (Å²) < 4.78 is 0. The molecule has 0 radical (unpaired) electrons. The average Bonchev–Trinajstić information content (AvgIpc) is 2.59. The lowest BCUT2D eigenvalue weighted by Crippen LogP contribution is -2.53. The van der Waals surface area contributed by atoms with Crippen LogP contribution in [0, 0.1) is 11.3 Å². The highest BCUT2D eigenvalue weighted by Gasteiger charge is 2.45. The topological polar surface area (TPSA) is 89.9 Å². The molecule has 0 atom stereocenters. The van der Waals surface area contributed by atoms with Gasteiger partial charge >= 0.3 is 5.97 Å². The van der Waals surface area contributed by atoms with Crippen molar-refractivity contribution in [1.82, 2.24) is 15.1 Å². The Kier molecular flexibility index (Phi) is 5.74. The number of carboxylic acid groups (broad SMARTS) is 1. The van der Waals surface area contributed by atoms with Gasteiger partial charge in [-0.2, -0.15) is 0 Å². The first-order valence-electron chi connectivity index (χ1n) is 9.45. The van der Waals surface area contributed by atoms with Crippen molar-refractivity contribution in [2.24, 2.45) is 11.3 Å². The predicted octanol–water partition coefficient (Wildman–Crippen LogP) is 0.692. The molecule has 25 heavy (non-hydrogen) atoms. The summed E-state index contributed by atoms with van der Waals surface area (Å²) in [6.07, 6.45) is 6.11. The van der Waals surface area contributed by atoms with E-state index in [0.29, 0.717) is 12.8 Å². The molecule has 2 amide bonds. The highest BCUT2D eigenvalue weighted by Crippen LogP contribution is 2.42. The van der Waals surface area contributed by atoms with E-state index in [0.717, 1.165) is 56.4 Å². The largest absolute Gasteiger partial charge is 0.480 e. The van der Waals surface area contributed by atoms with Crippen LogP contribution in [0.5, 0.6) is 0 Å². The minimum atomic E-state index is -1.13. The molecule has 1 spiro atoms. The summed E-state index contributed by atoms with van der Waals surface area (Å²) in [4.78, 5) is 38.7. The number of piperidine rings is 3. The molecule has 140 valence electrons. The molecule has 3 fully saturated rings. The van der Waals surface area contributed by atoms with Crippen molar-refractivity contribution in [2.45, 2.75) is 44.9 Å². The van der Waals surface area contributed by atoms with E-state index in [1.54, 1.807) is 0 Å². The predicted molar refractivity (Wildman–Crippen MR) is 91.9 cm³/mol. The highest BCUT2D eigenvalue weighted by molar-refractivity contribution is 6.00. The van der Waals surface area contributed by atoms with E-state index in [4.69, 9.17) is 5.11 Å². The van der Waals surface area contributed by atoms with E-state index >= 15 is 0 Å². The molecule has 0 unspecified atom stereocenters. The Hall–Kier alpha value is -1.47. The number of hydrogen-bond donors (Lipinski definition) is 2. The number of aliphatic carboxylic acids is 1. The lowest BCUT2D eigenvalue weighted by molar-refractivity contribution is -0.160. The Morgan fingerprint density at radius 2 is 1.72 bits per heavy atom. The minimum absolute atomic E-state index is 0.242. The van der Waals surface area contributed by atoms with Crippen LogP contribution in [0.3, 0.4) is 0 Å².